The second kappa shape index (κ2) is 14.1. The van der Waals surface area contributed by atoms with Crippen LogP contribution in [0.5, 0.6) is 0 Å². The summed E-state index contributed by atoms with van der Waals surface area (Å²) in [5, 5.41) is 4.18. The van der Waals surface area contributed by atoms with E-state index in [1.54, 1.807) is 68.4 Å². The topological polar surface area (TPSA) is 86.8 Å². The van der Waals surface area contributed by atoms with Crippen molar-refractivity contribution in [2.75, 3.05) is 10.8 Å². The van der Waals surface area contributed by atoms with Gasteiger partial charge < -0.3 is 10.2 Å². The van der Waals surface area contributed by atoms with Crippen LogP contribution in [0.25, 0.3) is 0 Å². The maximum Gasteiger partial charge on any atom is 0.264 e. The molecule has 11 heteroatoms. The highest BCUT2D eigenvalue weighted by molar-refractivity contribution is 7.92. The van der Waals surface area contributed by atoms with E-state index in [1.165, 1.54) is 17.0 Å². The first-order valence-electron chi connectivity index (χ1n) is 13.9. The molecule has 0 radical (unpaired) electrons. The number of carbonyl (C=O) groups excluding carboxylic acids is 2. The van der Waals surface area contributed by atoms with Crippen molar-refractivity contribution in [2.45, 2.75) is 69.5 Å². The molecular formula is C31H34Cl3N3O4S. The quantitative estimate of drug-likeness (QED) is 0.256. The van der Waals surface area contributed by atoms with Crippen molar-refractivity contribution < 1.29 is 18.0 Å². The Balaban J connectivity index is 1.72. The average molecular weight is 651 g/mol. The van der Waals surface area contributed by atoms with Crippen molar-refractivity contribution in [1.82, 2.24) is 10.2 Å². The molecule has 1 aliphatic carbocycles. The third-order valence-corrected chi connectivity index (χ3v) is 10.3. The highest BCUT2D eigenvalue weighted by Gasteiger charge is 2.34. The number of nitrogens with one attached hydrogen (secondary N) is 1. The molecule has 1 N–H and O–H groups in total. The van der Waals surface area contributed by atoms with Gasteiger partial charge in [-0.25, -0.2) is 8.42 Å². The van der Waals surface area contributed by atoms with E-state index in [9.17, 15) is 18.0 Å². The lowest BCUT2D eigenvalue weighted by Gasteiger charge is -2.34. The lowest BCUT2D eigenvalue weighted by Crippen LogP contribution is -2.53. The zero-order valence-corrected chi connectivity index (χ0v) is 26.6. The van der Waals surface area contributed by atoms with E-state index in [0.717, 1.165) is 36.4 Å². The first-order chi connectivity index (χ1) is 20.0. The van der Waals surface area contributed by atoms with Crippen molar-refractivity contribution >= 4 is 62.3 Å². The molecule has 2 amide bonds. The Hall–Kier alpha value is -2.78. The van der Waals surface area contributed by atoms with Crippen LogP contribution in [0.4, 0.5) is 5.69 Å². The largest absolute Gasteiger partial charge is 0.352 e. The summed E-state index contributed by atoms with van der Waals surface area (Å²) in [7, 11) is -4.19. The molecule has 1 atom stereocenters. The molecule has 0 spiro atoms. The number of sulfonamides is 1. The minimum Gasteiger partial charge on any atom is -0.352 e. The molecule has 4 rings (SSSR count). The van der Waals surface area contributed by atoms with Gasteiger partial charge in [0.15, 0.2) is 0 Å². The van der Waals surface area contributed by atoms with Crippen LogP contribution < -0.4 is 9.62 Å². The van der Waals surface area contributed by atoms with E-state index in [1.807, 2.05) is 0 Å². The number of benzene rings is 3. The summed E-state index contributed by atoms with van der Waals surface area (Å²) in [5.74, 6) is -0.912. The highest BCUT2D eigenvalue weighted by Crippen LogP contribution is 2.31. The summed E-state index contributed by atoms with van der Waals surface area (Å²) >= 11 is 19.1. The summed E-state index contributed by atoms with van der Waals surface area (Å²) in [6.45, 7) is 2.70. The van der Waals surface area contributed by atoms with Crippen LogP contribution in [0.2, 0.25) is 15.1 Å². The number of hydrogen-bond acceptors (Lipinski definition) is 4. The molecule has 0 unspecified atom stereocenters. The fourth-order valence-electron chi connectivity index (χ4n) is 5.14. The predicted molar refractivity (Wildman–Crippen MR) is 169 cm³/mol. The van der Waals surface area contributed by atoms with Crippen LogP contribution in [0.1, 0.15) is 50.2 Å². The van der Waals surface area contributed by atoms with Crippen molar-refractivity contribution in [3.63, 3.8) is 0 Å². The zero-order chi connectivity index (χ0) is 30.4. The van der Waals surface area contributed by atoms with Gasteiger partial charge in [0, 0.05) is 33.2 Å². The minimum atomic E-state index is -4.19. The Morgan fingerprint density at radius 3 is 2.19 bits per heavy atom. The maximum absolute atomic E-state index is 14.2. The second-order valence-corrected chi connectivity index (χ2v) is 13.6. The van der Waals surface area contributed by atoms with Crippen molar-refractivity contribution in [3.8, 4) is 0 Å². The van der Waals surface area contributed by atoms with Crippen LogP contribution in [-0.4, -0.2) is 43.8 Å². The van der Waals surface area contributed by atoms with E-state index in [-0.39, 0.29) is 23.4 Å². The van der Waals surface area contributed by atoms with Crippen molar-refractivity contribution in [2.24, 2.45) is 0 Å². The van der Waals surface area contributed by atoms with E-state index in [2.05, 4.69) is 5.32 Å². The van der Waals surface area contributed by atoms with Crippen molar-refractivity contribution in [1.29, 1.82) is 0 Å². The fourth-order valence-corrected chi connectivity index (χ4v) is 7.38. The molecule has 1 fully saturated rings. The first-order valence-corrected chi connectivity index (χ1v) is 16.4. The van der Waals surface area contributed by atoms with Crippen LogP contribution in [-0.2, 0) is 26.2 Å². The zero-order valence-electron chi connectivity index (χ0n) is 23.5. The summed E-state index contributed by atoms with van der Waals surface area (Å²) in [5.41, 5.74) is 1.33. The summed E-state index contributed by atoms with van der Waals surface area (Å²) < 4.78 is 29.0. The normalized spacial score (nSPS) is 14.7. The average Bonchev–Trinajstić information content (AvgIpc) is 2.96. The molecule has 0 saturated heterocycles. The van der Waals surface area contributed by atoms with E-state index in [0.29, 0.717) is 31.9 Å². The molecule has 42 heavy (non-hydrogen) atoms. The van der Waals surface area contributed by atoms with Crippen LogP contribution in [0, 0.1) is 6.92 Å². The summed E-state index contributed by atoms with van der Waals surface area (Å²) in [6, 6.07) is 16.8. The van der Waals surface area contributed by atoms with Gasteiger partial charge in [-0.15, -0.1) is 0 Å². The Morgan fingerprint density at radius 2 is 1.57 bits per heavy atom. The lowest BCUT2D eigenvalue weighted by atomic mass is 9.95. The molecule has 0 aromatic heterocycles. The standard InChI is InChI=1S/C31H34Cl3N3O4S/c1-21-18-23(32)16-17-29(21)37(42(40,41)25-12-7-4-8-13-25)20-30(38)36(19-26-27(33)14-9-15-28(26)34)22(2)31(39)35-24-10-5-3-6-11-24/h4,7-9,12-18,22,24H,3,5-6,10-11,19-20H2,1-2H3,(H,35,39)/t22-/m0/s1. The number of carbonyl (C=O) groups is 2. The molecule has 224 valence electrons. The molecule has 3 aromatic rings. The lowest BCUT2D eigenvalue weighted by molar-refractivity contribution is -0.139. The molecule has 0 heterocycles. The number of nitrogens with zero attached hydrogens (tertiary/aromatic N) is 2. The van der Waals surface area contributed by atoms with Crippen LogP contribution in [0.15, 0.2) is 71.6 Å². The molecule has 0 aliphatic heterocycles. The predicted octanol–water partition coefficient (Wildman–Crippen LogP) is 7.02. The molecule has 7 nitrogen and oxygen atoms in total. The Labute approximate surface area is 262 Å². The summed E-state index contributed by atoms with van der Waals surface area (Å²) in [6.07, 6.45) is 4.95. The maximum atomic E-state index is 14.2. The number of halogens is 3. The third kappa shape index (κ3) is 7.59. The van der Waals surface area contributed by atoms with Crippen molar-refractivity contribution in [3.05, 3.63) is 92.9 Å². The van der Waals surface area contributed by atoms with Crippen LogP contribution in [0.3, 0.4) is 0 Å². The Bertz CT molecular complexity index is 1510. The van der Waals surface area contributed by atoms with Gasteiger partial charge in [0.05, 0.1) is 10.6 Å². The SMILES string of the molecule is Cc1cc(Cl)ccc1N(CC(=O)N(Cc1c(Cl)cccc1Cl)[C@@H](C)C(=O)NC1CCCCC1)S(=O)(=O)c1ccccc1. The molecular weight excluding hydrogens is 617 g/mol. The molecule has 3 aromatic carbocycles. The van der Waals surface area contributed by atoms with E-state index < -0.39 is 28.5 Å². The number of amides is 2. The number of aryl methyl sites for hydroxylation is 1. The summed E-state index contributed by atoms with van der Waals surface area (Å²) in [4.78, 5) is 29.0. The molecule has 1 aliphatic rings. The van der Waals surface area contributed by atoms with Gasteiger partial charge in [0.2, 0.25) is 11.8 Å². The van der Waals surface area contributed by atoms with E-state index >= 15 is 0 Å². The number of hydrogen-bond donors (Lipinski definition) is 1. The highest BCUT2D eigenvalue weighted by atomic mass is 35.5. The monoisotopic (exact) mass is 649 g/mol. The third-order valence-electron chi connectivity index (χ3n) is 7.55. The van der Waals surface area contributed by atoms with Gasteiger partial charge in [-0.05, 0) is 74.7 Å². The molecule has 1 saturated carbocycles. The number of anilines is 1. The Morgan fingerprint density at radius 1 is 0.929 bits per heavy atom. The van der Waals surface area contributed by atoms with Gasteiger partial charge >= 0.3 is 0 Å². The molecule has 0 bridgehead atoms. The van der Waals surface area contributed by atoms with Crippen LogP contribution >= 0.6 is 34.8 Å². The number of rotatable bonds is 10. The fraction of sp³-hybridized carbons (Fsp3) is 0.355. The van der Waals surface area contributed by atoms with Gasteiger partial charge in [0.1, 0.15) is 12.6 Å². The van der Waals surface area contributed by atoms with Gasteiger partial charge in [-0.2, -0.15) is 0 Å². The smallest absolute Gasteiger partial charge is 0.264 e. The van der Waals surface area contributed by atoms with Gasteiger partial charge in [0.25, 0.3) is 10.0 Å². The van der Waals surface area contributed by atoms with E-state index in [4.69, 9.17) is 34.8 Å². The van der Waals surface area contributed by atoms with Gasteiger partial charge in [-0.3, -0.25) is 13.9 Å². The second-order valence-electron chi connectivity index (χ2n) is 10.5. The first kappa shape index (κ1) is 32.1. The Kier molecular flexibility index (Phi) is 10.8. The minimum absolute atomic E-state index is 0.0240. The van der Waals surface area contributed by atoms with Gasteiger partial charge in [-0.1, -0.05) is 78.3 Å².